The Morgan fingerprint density at radius 2 is 1.66 bits per heavy atom. The van der Waals surface area contributed by atoms with E-state index in [9.17, 15) is 4.79 Å². The average Bonchev–Trinajstić information content (AvgIpc) is 3.04. The maximum atomic E-state index is 14.0. The average molecular weight is 444 g/mol. The van der Waals surface area contributed by atoms with Gasteiger partial charge in [0.05, 0.1) is 0 Å². The van der Waals surface area contributed by atoms with Crippen molar-refractivity contribution in [1.29, 1.82) is 0 Å². The fourth-order valence-corrected chi connectivity index (χ4v) is 6.78. The molecule has 0 fully saturated rings. The zero-order valence-corrected chi connectivity index (χ0v) is 18.6. The van der Waals surface area contributed by atoms with Crippen LogP contribution >= 0.6 is 0 Å². The van der Waals surface area contributed by atoms with Crippen molar-refractivity contribution < 1.29 is 4.79 Å². The van der Waals surface area contributed by atoms with E-state index in [4.69, 9.17) is 0 Å². The molecule has 1 aliphatic rings. The maximum absolute atomic E-state index is 14.0. The third-order valence-electron chi connectivity index (χ3n) is 6.10. The molecule has 3 aromatic carbocycles. The van der Waals surface area contributed by atoms with Crippen molar-refractivity contribution in [2.45, 2.75) is 31.5 Å². The van der Waals surface area contributed by atoms with Gasteiger partial charge in [0.25, 0.3) is 0 Å². The number of para-hydroxylation sites is 1. The van der Waals surface area contributed by atoms with E-state index in [0.29, 0.717) is 0 Å². The Hall–Kier alpha value is -2.61. The molecule has 0 radical (unpaired) electrons. The first-order valence-electron chi connectivity index (χ1n) is 9.95. The van der Waals surface area contributed by atoms with Crippen molar-refractivity contribution in [3.8, 4) is 11.3 Å². The van der Waals surface area contributed by atoms with Gasteiger partial charge in [-0.25, -0.2) is 0 Å². The number of rotatable bonds is 3. The van der Waals surface area contributed by atoms with Crippen LogP contribution in [0.4, 0.5) is 0 Å². The molecule has 1 aliphatic heterocycles. The van der Waals surface area contributed by atoms with Gasteiger partial charge in [0.2, 0.25) is 0 Å². The van der Waals surface area contributed by atoms with Crippen molar-refractivity contribution >= 4 is 36.2 Å². The SMILES string of the molecule is Cc1ccc2c(c1)C(C)(C[Se]c1ccccc1)C(=O)n1c-2c(C)c2ccccc21. The second-order valence-electron chi connectivity index (χ2n) is 8.11. The Morgan fingerprint density at radius 1 is 0.931 bits per heavy atom. The summed E-state index contributed by atoms with van der Waals surface area (Å²) in [6.07, 6.45) is 0. The van der Waals surface area contributed by atoms with Crippen LogP contribution in [0.5, 0.6) is 0 Å². The monoisotopic (exact) mass is 445 g/mol. The van der Waals surface area contributed by atoms with Crippen LogP contribution in [0.25, 0.3) is 22.2 Å². The van der Waals surface area contributed by atoms with Crippen LogP contribution in [0.15, 0.2) is 72.8 Å². The second-order valence-corrected chi connectivity index (χ2v) is 10.3. The third-order valence-corrected chi connectivity index (χ3v) is 8.88. The van der Waals surface area contributed by atoms with E-state index in [0.717, 1.165) is 16.5 Å². The molecule has 3 heteroatoms. The summed E-state index contributed by atoms with van der Waals surface area (Å²) in [5, 5.41) is 2.02. The van der Waals surface area contributed by atoms with Crippen LogP contribution < -0.4 is 4.46 Å². The summed E-state index contributed by atoms with van der Waals surface area (Å²) >= 11 is 0.224. The van der Waals surface area contributed by atoms with Crippen molar-refractivity contribution in [2.24, 2.45) is 0 Å². The van der Waals surface area contributed by atoms with E-state index in [1.165, 1.54) is 32.1 Å². The summed E-state index contributed by atoms with van der Waals surface area (Å²) in [5.41, 5.74) is 6.34. The van der Waals surface area contributed by atoms with Crippen LogP contribution in [0.2, 0.25) is 5.32 Å². The molecule has 0 amide bonds. The van der Waals surface area contributed by atoms with Crippen LogP contribution in [0.3, 0.4) is 0 Å². The molecule has 0 saturated carbocycles. The quantitative estimate of drug-likeness (QED) is 0.394. The molecule has 2 nitrogen and oxygen atoms in total. The molecule has 0 spiro atoms. The number of hydrogen-bond donors (Lipinski definition) is 0. The molecular formula is C26H23NOSe. The van der Waals surface area contributed by atoms with Crippen LogP contribution in [-0.4, -0.2) is 25.4 Å². The number of hydrogen-bond acceptors (Lipinski definition) is 1. The van der Waals surface area contributed by atoms with Gasteiger partial charge in [-0.05, 0) is 0 Å². The minimum absolute atomic E-state index is 0.202. The molecule has 4 aromatic rings. The van der Waals surface area contributed by atoms with Gasteiger partial charge in [-0.1, -0.05) is 0 Å². The van der Waals surface area contributed by atoms with E-state index in [1.54, 1.807) is 0 Å². The number of benzene rings is 3. The Labute approximate surface area is 177 Å². The predicted octanol–water partition coefficient (Wildman–Crippen LogP) is 5.28. The Balaban J connectivity index is 1.74. The minimum atomic E-state index is -0.529. The van der Waals surface area contributed by atoms with Crippen LogP contribution in [-0.2, 0) is 5.41 Å². The Bertz CT molecular complexity index is 1250. The summed E-state index contributed by atoms with van der Waals surface area (Å²) in [4.78, 5) is 14.0. The molecule has 0 aliphatic carbocycles. The molecule has 1 unspecified atom stereocenters. The topological polar surface area (TPSA) is 22.0 Å². The zero-order chi connectivity index (χ0) is 20.2. The molecule has 0 saturated heterocycles. The summed E-state index contributed by atoms with van der Waals surface area (Å²) in [7, 11) is 0. The van der Waals surface area contributed by atoms with Gasteiger partial charge < -0.3 is 0 Å². The first kappa shape index (κ1) is 18.4. The van der Waals surface area contributed by atoms with E-state index in [2.05, 4.69) is 81.4 Å². The Kier molecular flexibility index (Phi) is 4.27. The standard InChI is InChI=1S/C26H23NOSe/c1-17-13-14-21-22(15-17)26(3,16-29-19-9-5-4-6-10-19)25(28)27-23-12-8-7-11-20(23)18(2)24(21)27/h4-15H,16H2,1-3H3. The molecule has 29 heavy (non-hydrogen) atoms. The number of aryl methyl sites for hydroxylation is 2. The van der Waals surface area contributed by atoms with Gasteiger partial charge >= 0.3 is 178 Å². The fourth-order valence-electron chi connectivity index (χ4n) is 4.50. The molecule has 1 atom stereocenters. The first-order chi connectivity index (χ1) is 14.0. The van der Waals surface area contributed by atoms with Crippen molar-refractivity contribution in [1.82, 2.24) is 4.57 Å². The zero-order valence-electron chi connectivity index (χ0n) is 16.9. The normalized spacial score (nSPS) is 18.0. The first-order valence-corrected chi connectivity index (χ1v) is 12.0. The molecule has 0 bridgehead atoms. The Morgan fingerprint density at radius 3 is 2.45 bits per heavy atom. The summed E-state index contributed by atoms with van der Waals surface area (Å²) < 4.78 is 3.33. The molecule has 2 heterocycles. The van der Waals surface area contributed by atoms with E-state index >= 15 is 0 Å². The third kappa shape index (κ3) is 2.73. The summed E-state index contributed by atoms with van der Waals surface area (Å²) in [6.45, 7) is 6.40. The molecular weight excluding hydrogens is 421 g/mol. The molecule has 0 N–H and O–H groups in total. The number of aromatic nitrogens is 1. The fraction of sp³-hybridized carbons (Fsp3) is 0.192. The van der Waals surface area contributed by atoms with Gasteiger partial charge in [0.15, 0.2) is 0 Å². The van der Waals surface area contributed by atoms with Gasteiger partial charge in [0, 0.05) is 0 Å². The van der Waals surface area contributed by atoms with Crippen molar-refractivity contribution in [3.63, 3.8) is 0 Å². The van der Waals surface area contributed by atoms with Gasteiger partial charge in [-0.3, -0.25) is 0 Å². The number of carbonyl (C=O) groups excluding carboxylic acids is 1. The number of fused-ring (bicyclic) bond motifs is 5. The van der Waals surface area contributed by atoms with E-state index < -0.39 is 5.41 Å². The number of nitrogens with zero attached hydrogens (tertiary/aromatic N) is 1. The van der Waals surface area contributed by atoms with Crippen molar-refractivity contribution in [3.05, 3.63) is 89.5 Å². The second kappa shape index (κ2) is 6.73. The van der Waals surface area contributed by atoms with Gasteiger partial charge in [0.1, 0.15) is 0 Å². The van der Waals surface area contributed by atoms with E-state index in [-0.39, 0.29) is 20.9 Å². The van der Waals surface area contributed by atoms with Crippen LogP contribution in [0.1, 0.15) is 28.4 Å². The molecule has 5 rings (SSSR count). The molecule has 144 valence electrons. The summed E-state index contributed by atoms with van der Waals surface area (Å²) in [6, 6.07) is 25.5. The van der Waals surface area contributed by atoms with Gasteiger partial charge in [-0.2, -0.15) is 0 Å². The van der Waals surface area contributed by atoms with Crippen molar-refractivity contribution in [2.75, 3.05) is 0 Å². The number of carbonyl (C=O) groups is 1. The molecule has 1 aromatic heterocycles. The predicted molar refractivity (Wildman–Crippen MR) is 121 cm³/mol. The summed E-state index contributed by atoms with van der Waals surface area (Å²) in [5.74, 6) is 0.202. The van der Waals surface area contributed by atoms with Gasteiger partial charge in [-0.15, -0.1) is 0 Å². The van der Waals surface area contributed by atoms with Crippen LogP contribution in [0, 0.1) is 13.8 Å². The van der Waals surface area contributed by atoms with E-state index in [1.807, 2.05) is 16.7 Å².